The molecule has 256 valence electrons. The molecule has 2 aliphatic heterocycles. The minimum absolute atomic E-state index is 0.0286. The van der Waals surface area contributed by atoms with Gasteiger partial charge >= 0.3 is 0 Å². The summed E-state index contributed by atoms with van der Waals surface area (Å²) >= 11 is 2.08. The molecule has 4 heterocycles. The van der Waals surface area contributed by atoms with E-state index in [1.54, 1.807) is 15.9 Å². The molecule has 0 radical (unpaired) electrons. The molecule has 2 aromatic heterocycles. The Hall–Kier alpha value is -4.02. The lowest BCUT2D eigenvalue weighted by Gasteiger charge is -2.40. The van der Waals surface area contributed by atoms with Gasteiger partial charge in [0.25, 0.3) is 6.71 Å². The van der Waals surface area contributed by atoms with Crippen molar-refractivity contribution in [2.45, 2.75) is 105 Å². The van der Waals surface area contributed by atoms with Crippen LogP contribution >= 0.6 is 11.3 Å². The van der Waals surface area contributed by atoms with E-state index in [9.17, 15) is 0 Å². The summed E-state index contributed by atoms with van der Waals surface area (Å²) in [7, 11) is 0. The van der Waals surface area contributed by atoms with Crippen LogP contribution in [0.15, 0.2) is 72.8 Å². The minimum atomic E-state index is -0.0809. The van der Waals surface area contributed by atoms with Crippen LogP contribution in [0.1, 0.15) is 107 Å². The topological polar surface area (TPSA) is 8.17 Å². The number of aromatic nitrogens is 1. The Morgan fingerprint density at radius 2 is 1.43 bits per heavy atom. The molecule has 4 aromatic carbocycles. The third-order valence-electron chi connectivity index (χ3n) is 12.7. The normalized spacial score (nSPS) is 17.4. The highest BCUT2D eigenvalue weighted by molar-refractivity contribution is 7.20. The molecule has 2 aliphatic carbocycles. The molecule has 10 rings (SSSR count). The third kappa shape index (κ3) is 4.12. The maximum atomic E-state index is 2.70. The Kier molecular flexibility index (Phi) is 6.02. The van der Waals surface area contributed by atoms with Gasteiger partial charge in [-0.1, -0.05) is 118 Å². The Balaban J connectivity index is 1.36. The van der Waals surface area contributed by atoms with Crippen LogP contribution < -0.4 is 21.3 Å². The lowest BCUT2D eigenvalue weighted by Crippen LogP contribution is -2.60. The number of fused-ring (bicyclic) bond motifs is 11. The molecule has 4 aliphatic rings. The molecule has 0 bridgehead atoms. The van der Waals surface area contributed by atoms with Crippen molar-refractivity contribution >= 4 is 61.7 Å². The average molecular weight is 685 g/mol. The van der Waals surface area contributed by atoms with Crippen LogP contribution in [0.2, 0.25) is 0 Å². The van der Waals surface area contributed by atoms with Crippen LogP contribution in [0.3, 0.4) is 0 Å². The van der Waals surface area contributed by atoms with E-state index in [1.807, 2.05) is 0 Å². The summed E-state index contributed by atoms with van der Waals surface area (Å²) in [4.78, 5) is 4.29. The highest BCUT2D eigenvalue weighted by Crippen LogP contribution is 2.55. The summed E-state index contributed by atoms with van der Waals surface area (Å²) < 4.78 is 2.70. The molecule has 2 nitrogen and oxygen atoms in total. The monoisotopic (exact) mass is 684 g/mol. The van der Waals surface area contributed by atoms with Gasteiger partial charge in [0.05, 0.1) is 10.7 Å². The van der Waals surface area contributed by atoms with Crippen molar-refractivity contribution in [3.63, 3.8) is 0 Å². The zero-order chi connectivity index (χ0) is 35.7. The van der Waals surface area contributed by atoms with Crippen molar-refractivity contribution in [1.82, 2.24) is 4.57 Å². The smallest absolute Gasteiger partial charge is 0.253 e. The number of anilines is 3. The highest BCUT2D eigenvalue weighted by atomic mass is 32.1. The zero-order valence-corrected chi connectivity index (χ0v) is 33.0. The van der Waals surface area contributed by atoms with E-state index in [1.165, 1.54) is 83.0 Å². The van der Waals surface area contributed by atoms with Gasteiger partial charge < -0.3 is 9.47 Å². The zero-order valence-electron chi connectivity index (χ0n) is 32.2. The molecule has 0 unspecified atom stereocenters. The predicted octanol–water partition coefficient (Wildman–Crippen LogP) is 10.6. The van der Waals surface area contributed by atoms with Gasteiger partial charge in [0.1, 0.15) is 0 Å². The first kappa shape index (κ1) is 31.7. The molecule has 0 atom stereocenters. The number of hydrogen-bond donors (Lipinski definition) is 0. The van der Waals surface area contributed by atoms with Crippen molar-refractivity contribution in [2.75, 3.05) is 4.90 Å². The first-order valence-electron chi connectivity index (χ1n) is 19.0. The van der Waals surface area contributed by atoms with Crippen LogP contribution in [0.5, 0.6) is 0 Å². The second kappa shape index (κ2) is 9.69. The van der Waals surface area contributed by atoms with E-state index >= 15 is 0 Å². The molecule has 4 heteroatoms. The molecule has 0 saturated carbocycles. The van der Waals surface area contributed by atoms with Gasteiger partial charge in [-0.25, -0.2) is 0 Å². The summed E-state index contributed by atoms with van der Waals surface area (Å²) in [5.74, 6) is 0. The summed E-state index contributed by atoms with van der Waals surface area (Å²) in [5, 5.41) is 2.85. The van der Waals surface area contributed by atoms with Gasteiger partial charge in [0, 0.05) is 43.8 Å². The predicted molar refractivity (Wildman–Crippen MR) is 221 cm³/mol. The van der Waals surface area contributed by atoms with Crippen LogP contribution in [0.4, 0.5) is 16.4 Å². The van der Waals surface area contributed by atoms with Gasteiger partial charge in [-0.15, -0.1) is 11.3 Å². The van der Waals surface area contributed by atoms with Crippen LogP contribution in [-0.4, -0.2) is 11.3 Å². The summed E-state index contributed by atoms with van der Waals surface area (Å²) in [6.45, 7) is 26.5. The number of hydrogen-bond acceptors (Lipinski definition) is 2. The van der Waals surface area contributed by atoms with Gasteiger partial charge in [-0.05, 0) is 110 Å². The van der Waals surface area contributed by atoms with E-state index < -0.39 is 0 Å². The number of nitrogens with zero attached hydrogens (tertiary/aromatic N) is 2. The molecule has 0 saturated heterocycles. The number of rotatable bonds is 1. The molecule has 6 aromatic rings. The number of para-hydroxylation sites is 1. The Bertz CT molecular complexity index is 2490. The lowest BCUT2D eigenvalue weighted by atomic mass is 9.33. The van der Waals surface area contributed by atoms with Gasteiger partial charge in [-0.3, -0.25) is 0 Å². The first-order chi connectivity index (χ1) is 24.0. The van der Waals surface area contributed by atoms with Crippen molar-refractivity contribution in [3.8, 4) is 16.9 Å². The second-order valence-corrected chi connectivity index (χ2v) is 20.6. The maximum Gasteiger partial charge on any atom is 0.253 e. The molecular weight excluding hydrogens is 635 g/mol. The number of benzene rings is 4. The molecule has 0 amide bonds. The van der Waals surface area contributed by atoms with E-state index in [4.69, 9.17) is 0 Å². The fraction of sp³-hybridized carbons (Fsp3) is 0.362. The fourth-order valence-corrected chi connectivity index (χ4v) is 11.9. The molecule has 0 N–H and O–H groups in total. The second-order valence-electron chi connectivity index (χ2n) is 19.5. The van der Waals surface area contributed by atoms with Gasteiger partial charge in [0.2, 0.25) is 0 Å². The Labute approximate surface area is 308 Å². The third-order valence-corrected chi connectivity index (χ3v) is 13.9. The molecule has 0 spiro atoms. The fourth-order valence-electron chi connectivity index (χ4n) is 10.2. The van der Waals surface area contributed by atoms with E-state index in [2.05, 4.69) is 170 Å². The van der Waals surface area contributed by atoms with E-state index in [-0.39, 0.29) is 28.4 Å². The lowest BCUT2D eigenvalue weighted by molar-refractivity contribution is 0.394. The maximum absolute atomic E-state index is 2.70. The number of aryl methyl sites for hydroxylation is 1. The SMILES string of the molecule is Cc1cc2c3c(c1)-n1c4c(c5cccc(c51)B3c1c(sc3c1CC(C)(C)C3)N2c1cc(C(C)(C)C)cc(C(C)(C)C)c1)C(C)(C)c1ccccc1-4. The standard InChI is InChI=1S/C47H49BN2S/c1-26-19-35-40-36(20-26)50-41-31(38-42(50)30-15-12-13-17-33(30)47(38,10)11)16-14-18-34(41)48(40)39-32-24-46(8,9)25-37(32)51-43(39)49(35)29-22-27(44(2,3)4)21-28(23-29)45(5,6)7/h12-23H,24-25H2,1-11H3. The van der Waals surface area contributed by atoms with Crippen molar-refractivity contribution in [1.29, 1.82) is 0 Å². The number of thiophene rings is 1. The quantitative estimate of drug-likeness (QED) is 0.156. The summed E-state index contributed by atoms with van der Waals surface area (Å²) in [6.07, 6.45) is 2.29. The van der Waals surface area contributed by atoms with E-state index in [0.29, 0.717) is 0 Å². The largest absolute Gasteiger partial charge is 0.310 e. The van der Waals surface area contributed by atoms with Crippen molar-refractivity contribution < 1.29 is 0 Å². The van der Waals surface area contributed by atoms with Crippen LogP contribution in [0, 0.1) is 12.3 Å². The molecule has 51 heavy (non-hydrogen) atoms. The van der Waals surface area contributed by atoms with Crippen molar-refractivity contribution in [3.05, 3.63) is 111 Å². The molecular formula is C47H49BN2S. The van der Waals surface area contributed by atoms with Gasteiger partial charge in [0.15, 0.2) is 0 Å². The van der Waals surface area contributed by atoms with Crippen LogP contribution in [0.25, 0.3) is 27.8 Å². The van der Waals surface area contributed by atoms with Gasteiger partial charge in [-0.2, -0.15) is 0 Å². The minimum Gasteiger partial charge on any atom is -0.310 e. The molecule has 0 fully saturated rings. The summed E-state index contributed by atoms with van der Waals surface area (Å²) in [6, 6.07) is 28.9. The van der Waals surface area contributed by atoms with Crippen LogP contribution in [-0.2, 0) is 29.1 Å². The Morgan fingerprint density at radius 3 is 2.14 bits per heavy atom. The van der Waals surface area contributed by atoms with Crippen molar-refractivity contribution in [2.24, 2.45) is 5.41 Å². The highest BCUT2D eigenvalue weighted by Gasteiger charge is 2.50. The Morgan fingerprint density at radius 1 is 0.745 bits per heavy atom. The van der Waals surface area contributed by atoms with E-state index in [0.717, 1.165) is 12.8 Å². The summed E-state index contributed by atoms with van der Waals surface area (Å²) in [5.41, 5.74) is 21.6. The first-order valence-corrected chi connectivity index (χ1v) is 19.8. The average Bonchev–Trinajstić information content (AvgIpc) is 3.73.